The van der Waals surface area contributed by atoms with Crippen LogP contribution in [0.1, 0.15) is 18.7 Å². The highest BCUT2D eigenvalue weighted by molar-refractivity contribution is 6.30. The zero-order valence-corrected chi connectivity index (χ0v) is 9.45. The van der Waals surface area contributed by atoms with Crippen molar-refractivity contribution in [1.82, 2.24) is 9.55 Å². The zero-order valence-electron chi connectivity index (χ0n) is 8.69. The summed E-state index contributed by atoms with van der Waals surface area (Å²) in [6.07, 6.45) is 3.14. The largest absolute Gasteiger partial charge is 0.323 e. The molecule has 0 saturated heterocycles. The van der Waals surface area contributed by atoms with Gasteiger partial charge in [-0.15, -0.1) is 0 Å². The van der Waals surface area contributed by atoms with E-state index in [9.17, 15) is 4.39 Å². The van der Waals surface area contributed by atoms with Gasteiger partial charge in [0.2, 0.25) is 0 Å². The molecule has 3 nitrogen and oxygen atoms in total. The van der Waals surface area contributed by atoms with Crippen LogP contribution < -0.4 is 5.73 Å². The van der Waals surface area contributed by atoms with Gasteiger partial charge in [0, 0.05) is 6.04 Å². The molecular weight excluding hydrogens is 229 g/mol. The Morgan fingerprint density at radius 1 is 1.50 bits per heavy atom. The van der Waals surface area contributed by atoms with Gasteiger partial charge in [0.05, 0.1) is 28.9 Å². The van der Waals surface area contributed by atoms with E-state index in [1.165, 1.54) is 12.4 Å². The summed E-state index contributed by atoms with van der Waals surface area (Å²) in [5.74, 6) is -0.468. The van der Waals surface area contributed by atoms with Crippen molar-refractivity contribution in [2.75, 3.05) is 0 Å². The van der Waals surface area contributed by atoms with Gasteiger partial charge in [-0.05, 0) is 19.1 Å². The van der Waals surface area contributed by atoms with Crippen LogP contribution >= 0.6 is 11.6 Å². The topological polar surface area (TPSA) is 43.8 Å². The Labute approximate surface area is 97.7 Å². The molecule has 1 heterocycles. The first-order valence-corrected chi connectivity index (χ1v) is 5.21. The van der Waals surface area contributed by atoms with E-state index in [-0.39, 0.29) is 11.1 Å². The molecule has 2 aromatic rings. The van der Waals surface area contributed by atoms with E-state index in [1.807, 2.05) is 6.92 Å². The fourth-order valence-electron chi connectivity index (χ4n) is 1.52. The Hall–Kier alpha value is -1.39. The molecule has 84 valence electrons. The van der Waals surface area contributed by atoms with Gasteiger partial charge in [-0.1, -0.05) is 17.7 Å². The Kier molecular flexibility index (Phi) is 2.94. The Morgan fingerprint density at radius 2 is 2.25 bits per heavy atom. The van der Waals surface area contributed by atoms with Crippen LogP contribution in [-0.4, -0.2) is 9.55 Å². The fraction of sp³-hybridized carbons (Fsp3) is 0.182. The normalized spacial score (nSPS) is 12.8. The highest BCUT2D eigenvalue weighted by atomic mass is 35.5. The summed E-state index contributed by atoms with van der Waals surface area (Å²) in [4.78, 5) is 3.96. The molecule has 0 bridgehead atoms. The second-order valence-corrected chi connectivity index (χ2v) is 3.96. The predicted octanol–water partition coefficient (Wildman–Crippen LogP) is 2.68. The average Bonchev–Trinajstić information content (AvgIpc) is 2.70. The molecule has 0 radical (unpaired) electrons. The number of aromatic nitrogens is 2. The monoisotopic (exact) mass is 239 g/mol. The van der Waals surface area contributed by atoms with Crippen LogP contribution in [0, 0.1) is 5.82 Å². The van der Waals surface area contributed by atoms with Crippen molar-refractivity contribution in [2.24, 2.45) is 5.73 Å². The SMILES string of the molecule is CC(N)c1cncn1-c1cccc(Cl)c1F. The molecule has 0 aliphatic rings. The summed E-state index contributed by atoms with van der Waals surface area (Å²) in [6, 6.07) is 4.60. The molecule has 5 heteroatoms. The number of hydrogen-bond donors (Lipinski definition) is 1. The second-order valence-electron chi connectivity index (χ2n) is 3.55. The summed E-state index contributed by atoms with van der Waals surface area (Å²) >= 11 is 5.72. The third kappa shape index (κ3) is 1.81. The van der Waals surface area contributed by atoms with Gasteiger partial charge in [0.15, 0.2) is 5.82 Å². The van der Waals surface area contributed by atoms with E-state index in [1.54, 1.807) is 22.9 Å². The van der Waals surface area contributed by atoms with E-state index in [2.05, 4.69) is 4.98 Å². The highest BCUT2D eigenvalue weighted by Gasteiger charge is 2.13. The molecule has 2 N–H and O–H groups in total. The van der Waals surface area contributed by atoms with Gasteiger partial charge in [-0.25, -0.2) is 9.37 Å². The molecule has 0 saturated carbocycles. The van der Waals surface area contributed by atoms with Crippen LogP contribution in [0.2, 0.25) is 5.02 Å². The lowest BCUT2D eigenvalue weighted by atomic mass is 10.2. The van der Waals surface area contributed by atoms with Crippen molar-refractivity contribution in [2.45, 2.75) is 13.0 Å². The van der Waals surface area contributed by atoms with Gasteiger partial charge >= 0.3 is 0 Å². The standard InChI is InChI=1S/C11H11ClFN3/c1-7(14)10-5-15-6-16(10)9-4-2-3-8(12)11(9)13/h2-7H,14H2,1H3. The van der Waals surface area contributed by atoms with Crippen molar-refractivity contribution < 1.29 is 4.39 Å². The van der Waals surface area contributed by atoms with Crippen LogP contribution in [0.15, 0.2) is 30.7 Å². The molecule has 16 heavy (non-hydrogen) atoms. The lowest BCUT2D eigenvalue weighted by Crippen LogP contribution is -2.11. The number of rotatable bonds is 2. The molecule has 1 unspecified atom stereocenters. The first-order valence-electron chi connectivity index (χ1n) is 4.83. The molecule has 1 aromatic carbocycles. The van der Waals surface area contributed by atoms with Crippen molar-refractivity contribution in [3.8, 4) is 5.69 Å². The molecule has 0 amide bonds. The molecule has 0 fully saturated rings. The molecule has 0 aliphatic heterocycles. The van der Waals surface area contributed by atoms with Gasteiger partial charge < -0.3 is 5.73 Å². The first kappa shape index (κ1) is 11.1. The molecule has 1 aromatic heterocycles. The van der Waals surface area contributed by atoms with E-state index in [0.29, 0.717) is 5.69 Å². The van der Waals surface area contributed by atoms with Crippen LogP contribution in [-0.2, 0) is 0 Å². The number of nitrogens with zero attached hydrogens (tertiary/aromatic N) is 2. The van der Waals surface area contributed by atoms with E-state index >= 15 is 0 Å². The number of halogens is 2. The smallest absolute Gasteiger partial charge is 0.165 e. The molecule has 2 rings (SSSR count). The van der Waals surface area contributed by atoms with Crippen molar-refractivity contribution in [3.63, 3.8) is 0 Å². The number of imidazole rings is 1. The van der Waals surface area contributed by atoms with E-state index in [4.69, 9.17) is 17.3 Å². The third-order valence-corrected chi connectivity index (χ3v) is 2.62. The minimum absolute atomic E-state index is 0.0850. The quantitative estimate of drug-likeness (QED) is 0.876. The van der Waals surface area contributed by atoms with Crippen molar-refractivity contribution in [1.29, 1.82) is 0 Å². The Bertz CT molecular complexity index is 508. The summed E-state index contributed by atoms with van der Waals surface area (Å²) < 4.78 is 15.4. The maximum absolute atomic E-state index is 13.8. The molecular formula is C11H11ClFN3. The lowest BCUT2D eigenvalue weighted by molar-refractivity contribution is 0.612. The minimum Gasteiger partial charge on any atom is -0.323 e. The van der Waals surface area contributed by atoms with Crippen LogP contribution in [0.4, 0.5) is 4.39 Å². The fourth-order valence-corrected chi connectivity index (χ4v) is 1.69. The third-order valence-electron chi connectivity index (χ3n) is 2.32. The number of benzene rings is 1. The van der Waals surface area contributed by atoms with Crippen molar-refractivity contribution in [3.05, 3.63) is 47.3 Å². The van der Waals surface area contributed by atoms with Crippen molar-refractivity contribution >= 4 is 11.6 Å². The Balaban J connectivity index is 2.59. The molecule has 1 atom stereocenters. The van der Waals surface area contributed by atoms with Crippen LogP contribution in [0.25, 0.3) is 5.69 Å². The summed E-state index contributed by atoms with van der Waals surface area (Å²) in [5.41, 5.74) is 6.86. The average molecular weight is 240 g/mol. The first-order chi connectivity index (χ1) is 7.61. The molecule has 0 aliphatic carbocycles. The maximum atomic E-state index is 13.8. The zero-order chi connectivity index (χ0) is 11.7. The Morgan fingerprint density at radius 3 is 2.94 bits per heavy atom. The predicted molar refractivity (Wildman–Crippen MR) is 61.1 cm³/mol. The van der Waals surface area contributed by atoms with E-state index < -0.39 is 5.82 Å². The molecule has 0 spiro atoms. The number of hydrogen-bond acceptors (Lipinski definition) is 2. The van der Waals surface area contributed by atoms with Gasteiger partial charge in [0.25, 0.3) is 0 Å². The van der Waals surface area contributed by atoms with Crippen LogP contribution in [0.5, 0.6) is 0 Å². The summed E-state index contributed by atoms with van der Waals surface area (Å²) in [7, 11) is 0. The summed E-state index contributed by atoms with van der Waals surface area (Å²) in [5, 5.41) is 0.0850. The van der Waals surface area contributed by atoms with Gasteiger partial charge in [-0.3, -0.25) is 4.57 Å². The lowest BCUT2D eigenvalue weighted by Gasteiger charge is -2.11. The second kappa shape index (κ2) is 4.23. The maximum Gasteiger partial charge on any atom is 0.165 e. The van der Waals surface area contributed by atoms with Gasteiger partial charge in [0.1, 0.15) is 0 Å². The van der Waals surface area contributed by atoms with Gasteiger partial charge in [-0.2, -0.15) is 0 Å². The summed E-state index contributed by atoms with van der Waals surface area (Å²) in [6.45, 7) is 1.82. The minimum atomic E-state index is -0.468. The highest BCUT2D eigenvalue weighted by Crippen LogP contribution is 2.23. The van der Waals surface area contributed by atoms with E-state index in [0.717, 1.165) is 5.69 Å². The number of nitrogens with two attached hydrogens (primary N) is 1. The van der Waals surface area contributed by atoms with Crippen LogP contribution in [0.3, 0.4) is 0 Å².